The third-order valence-corrected chi connectivity index (χ3v) is 2.60. The first kappa shape index (κ1) is 9.06. The lowest BCUT2D eigenvalue weighted by Gasteiger charge is -2.17. The molecule has 0 spiro atoms. The molecule has 0 saturated heterocycles. The first-order valence-corrected chi connectivity index (χ1v) is 4.66. The van der Waals surface area contributed by atoms with Crippen molar-refractivity contribution in [3.8, 4) is 11.5 Å². The summed E-state index contributed by atoms with van der Waals surface area (Å²) in [6, 6.07) is 3.37. The van der Waals surface area contributed by atoms with Crippen molar-refractivity contribution in [1.29, 1.82) is 0 Å². The lowest BCUT2D eigenvalue weighted by molar-refractivity contribution is 0.0971. The van der Waals surface area contributed by atoms with Gasteiger partial charge in [-0.25, -0.2) is 0 Å². The fourth-order valence-corrected chi connectivity index (χ4v) is 1.85. The van der Waals surface area contributed by atoms with E-state index >= 15 is 0 Å². The first-order chi connectivity index (χ1) is 6.74. The van der Waals surface area contributed by atoms with E-state index in [1.54, 1.807) is 12.1 Å². The highest BCUT2D eigenvalue weighted by Gasteiger charge is 2.21. The van der Waals surface area contributed by atoms with Crippen molar-refractivity contribution in [3.63, 3.8) is 0 Å². The number of Topliss-reactive ketones (excluding diaryl/α,β-unsaturated/α-hetero) is 1. The SMILES string of the molecule is COc1ccc2c(c1O)CCCC2=O. The highest BCUT2D eigenvalue weighted by Crippen LogP contribution is 2.36. The molecule has 0 fully saturated rings. The van der Waals surface area contributed by atoms with Crippen LogP contribution in [-0.4, -0.2) is 18.0 Å². The number of hydrogen-bond donors (Lipinski definition) is 1. The minimum Gasteiger partial charge on any atom is -0.504 e. The fourth-order valence-electron chi connectivity index (χ4n) is 1.85. The van der Waals surface area contributed by atoms with Gasteiger partial charge in [-0.15, -0.1) is 0 Å². The van der Waals surface area contributed by atoms with Crippen molar-refractivity contribution in [2.75, 3.05) is 7.11 Å². The van der Waals surface area contributed by atoms with Crippen LogP contribution in [0.2, 0.25) is 0 Å². The van der Waals surface area contributed by atoms with Crippen LogP contribution < -0.4 is 4.74 Å². The summed E-state index contributed by atoms with van der Waals surface area (Å²) in [5.74, 6) is 0.681. The van der Waals surface area contributed by atoms with E-state index in [2.05, 4.69) is 0 Å². The average Bonchev–Trinajstić information content (AvgIpc) is 2.20. The predicted octanol–water partition coefficient (Wildman–Crippen LogP) is 1.92. The quantitative estimate of drug-likeness (QED) is 0.739. The Morgan fingerprint density at radius 1 is 1.36 bits per heavy atom. The van der Waals surface area contributed by atoms with Crippen LogP contribution >= 0.6 is 0 Å². The highest BCUT2D eigenvalue weighted by atomic mass is 16.5. The van der Waals surface area contributed by atoms with Crippen LogP contribution in [0, 0.1) is 0 Å². The number of hydrogen-bond acceptors (Lipinski definition) is 3. The molecule has 3 heteroatoms. The number of phenols is 1. The summed E-state index contributed by atoms with van der Waals surface area (Å²) in [6.45, 7) is 0. The van der Waals surface area contributed by atoms with Gasteiger partial charge in [0.05, 0.1) is 7.11 Å². The zero-order valence-corrected chi connectivity index (χ0v) is 8.04. The summed E-state index contributed by atoms with van der Waals surface area (Å²) in [7, 11) is 1.51. The van der Waals surface area contributed by atoms with Crippen LogP contribution in [0.4, 0.5) is 0 Å². The average molecular weight is 192 g/mol. The van der Waals surface area contributed by atoms with E-state index in [0.29, 0.717) is 17.7 Å². The van der Waals surface area contributed by atoms with Gasteiger partial charge in [0.1, 0.15) is 0 Å². The molecular formula is C11H12O3. The van der Waals surface area contributed by atoms with E-state index in [-0.39, 0.29) is 11.5 Å². The van der Waals surface area contributed by atoms with E-state index in [0.717, 1.165) is 18.4 Å². The van der Waals surface area contributed by atoms with Crippen molar-refractivity contribution in [3.05, 3.63) is 23.3 Å². The molecule has 1 aromatic rings. The number of carbonyl (C=O) groups excluding carboxylic acids is 1. The molecule has 14 heavy (non-hydrogen) atoms. The summed E-state index contributed by atoms with van der Waals surface area (Å²) in [5.41, 5.74) is 1.38. The number of ketones is 1. The zero-order chi connectivity index (χ0) is 10.1. The second-order valence-electron chi connectivity index (χ2n) is 3.42. The lowest BCUT2D eigenvalue weighted by Crippen LogP contribution is -2.10. The standard InChI is InChI=1S/C11H12O3/c1-14-10-6-5-7-8(11(10)13)3-2-4-9(7)12/h5-6,13H,2-4H2,1H3. The van der Waals surface area contributed by atoms with Gasteiger partial charge in [0, 0.05) is 17.5 Å². The molecule has 1 aliphatic carbocycles. The number of rotatable bonds is 1. The van der Waals surface area contributed by atoms with Crippen LogP contribution in [-0.2, 0) is 6.42 Å². The third kappa shape index (κ3) is 1.25. The maximum absolute atomic E-state index is 11.5. The number of fused-ring (bicyclic) bond motifs is 1. The molecule has 0 saturated carbocycles. The molecule has 0 unspecified atom stereocenters. The van der Waals surface area contributed by atoms with Crippen LogP contribution in [0.25, 0.3) is 0 Å². The fraction of sp³-hybridized carbons (Fsp3) is 0.364. The largest absolute Gasteiger partial charge is 0.504 e. The maximum Gasteiger partial charge on any atom is 0.163 e. The van der Waals surface area contributed by atoms with Crippen LogP contribution in [0.1, 0.15) is 28.8 Å². The molecule has 0 aromatic heterocycles. The normalized spacial score (nSPS) is 15.1. The molecule has 0 heterocycles. The van der Waals surface area contributed by atoms with Gasteiger partial charge >= 0.3 is 0 Å². The second-order valence-corrected chi connectivity index (χ2v) is 3.42. The Balaban J connectivity index is 2.57. The Hall–Kier alpha value is -1.51. The molecular weight excluding hydrogens is 180 g/mol. The molecule has 1 N–H and O–H groups in total. The van der Waals surface area contributed by atoms with Gasteiger partial charge in [-0.3, -0.25) is 4.79 Å². The molecule has 0 amide bonds. The van der Waals surface area contributed by atoms with E-state index in [1.807, 2.05) is 0 Å². The zero-order valence-electron chi connectivity index (χ0n) is 8.04. The van der Waals surface area contributed by atoms with E-state index in [9.17, 15) is 9.90 Å². The minimum atomic E-state index is 0.115. The van der Waals surface area contributed by atoms with Crippen molar-refractivity contribution in [2.45, 2.75) is 19.3 Å². The number of carbonyl (C=O) groups is 1. The van der Waals surface area contributed by atoms with Gasteiger partial charge in [-0.1, -0.05) is 0 Å². The van der Waals surface area contributed by atoms with Crippen molar-refractivity contribution in [1.82, 2.24) is 0 Å². The predicted molar refractivity (Wildman–Crippen MR) is 51.9 cm³/mol. The monoisotopic (exact) mass is 192 g/mol. The van der Waals surface area contributed by atoms with Crippen molar-refractivity contribution < 1.29 is 14.6 Å². The van der Waals surface area contributed by atoms with Gasteiger partial charge in [0.15, 0.2) is 17.3 Å². The molecule has 3 nitrogen and oxygen atoms in total. The summed E-state index contributed by atoms with van der Waals surface area (Å²) < 4.78 is 4.98. The summed E-state index contributed by atoms with van der Waals surface area (Å²) in [4.78, 5) is 11.5. The number of ether oxygens (including phenoxy) is 1. The topological polar surface area (TPSA) is 46.5 Å². The van der Waals surface area contributed by atoms with Crippen molar-refractivity contribution >= 4 is 5.78 Å². The highest BCUT2D eigenvalue weighted by molar-refractivity contribution is 5.99. The van der Waals surface area contributed by atoms with Crippen molar-refractivity contribution in [2.24, 2.45) is 0 Å². The number of phenolic OH excluding ortho intramolecular Hbond substituents is 1. The molecule has 0 bridgehead atoms. The molecule has 1 aromatic carbocycles. The minimum absolute atomic E-state index is 0.115. The molecule has 74 valence electrons. The number of aromatic hydroxyl groups is 1. The van der Waals surface area contributed by atoms with Gasteiger partial charge in [-0.05, 0) is 25.0 Å². The first-order valence-electron chi connectivity index (χ1n) is 4.66. The summed E-state index contributed by atoms with van der Waals surface area (Å²) in [6.07, 6.45) is 2.15. The van der Waals surface area contributed by atoms with Gasteiger partial charge < -0.3 is 9.84 Å². The number of benzene rings is 1. The van der Waals surface area contributed by atoms with E-state index in [1.165, 1.54) is 7.11 Å². The second kappa shape index (κ2) is 3.33. The molecule has 2 rings (SSSR count). The third-order valence-electron chi connectivity index (χ3n) is 2.60. The Kier molecular flexibility index (Phi) is 2.15. The Labute approximate surface area is 82.3 Å². The molecule has 0 aliphatic heterocycles. The Morgan fingerprint density at radius 2 is 2.14 bits per heavy atom. The number of methoxy groups -OCH3 is 1. The van der Waals surface area contributed by atoms with Crippen LogP contribution in [0.3, 0.4) is 0 Å². The maximum atomic E-state index is 11.5. The summed E-state index contributed by atoms with van der Waals surface area (Å²) in [5, 5.41) is 9.78. The summed E-state index contributed by atoms with van der Waals surface area (Å²) >= 11 is 0. The van der Waals surface area contributed by atoms with Gasteiger partial charge in [0.2, 0.25) is 0 Å². The van der Waals surface area contributed by atoms with Gasteiger partial charge in [0.25, 0.3) is 0 Å². The Bertz CT molecular complexity index is 382. The lowest BCUT2D eigenvalue weighted by atomic mass is 9.90. The molecule has 0 radical (unpaired) electrons. The van der Waals surface area contributed by atoms with Crippen LogP contribution in [0.5, 0.6) is 11.5 Å². The molecule has 1 aliphatic rings. The van der Waals surface area contributed by atoms with E-state index in [4.69, 9.17) is 4.74 Å². The Morgan fingerprint density at radius 3 is 2.86 bits per heavy atom. The molecule has 0 atom stereocenters. The van der Waals surface area contributed by atoms with Gasteiger partial charge in [-0.2, -0.15) is 0 Å². The van der Waals surface area contributed by atoms with E-state index < -0.39 is 0 Å². The van der Waals surface area contributed by atoms with Crippen LogP contribution in [0.15, 0.2) is 12.1 Å². The smallest absolute Gasteiger partial charge is 0.163 e.